The number of hydrogen-bond donors (Lipinski definition) is 0. The van der Waals surface area contributed by atoms with Crippen molar-refractivity contribution in [2.24, 2.45) is 17.3 Å². The fourth-order valence-electron chi connectivity index (χ4n) is 11.0. The Kier molecular flexibility index (Phi) is 6.77. The van der Waals surface area contributed by atoms with Gasteiger partial charge in [-0.25, -0.2) is 15.0 Å². The Bertz CT molecular complexity index is 2760. The van der Waals surface area contributed by atoms with E-state index < -0.39 is 0 Å². The topological polar surface area (TPSA) is 62.5 Å². The van der Waals surface area contributed by atoms with Crippen molar-refractivity contribution < 1.29 is 0 Å². The predicted octanol–water partition coefficient (Wildman–Crippen LogP) is 12.3. The standard InChI is InChI=1S/C50H38N4/c1-49-30-50(27-37(49)21-22-38(49)28-50)36-19-16-32(17-20-36)35-18-23-40-39-14-8-9-15-41(39)45-43(42(40)26-35)24-31(29-51)25-44(45)48-53-46(33-10-4-2-5-11-33)52-47(54-48)34-12-6-3-7-13-34/h2-20,23-26,37-38H,21-22,27-28,30H2,1H3/t37-,38+,49?,50?. The molecule has 1 heterocycles. The Labute approximate surface area is 315 Å². The molecule has 3 aliphatic carbocycles. The zero-order chi connectivity index (χ0) is 36.0. The maximum atomic E-state index is 10.5. The number of nitriles is 1. The van der Waals surface area contributed by atoms with Gasteiger partial charge in [0.15, 0.2) is 17.5 Å². The van der Waals surface area contributed by atoms with E-state index in [0.29, 0.717) is 33.9 Å². The van der Waals surface area contributed by atoms with Crippen molar-refractivity contribution in [2.75, 3.05) is 0 Å². The smallest absolute Gasteiger partial charge is 0.164 e. The lowest BCUT2D eigenvalue weighted by Crippen LogP contribution is -2.26. The van der Waals surface area contributed by atoms with E-state index >= 15 is 0 Å². The van der Waals surface area contributed by atoms with E-state index in [-0.39, 0.29) is 0 Å². The van der Waals surface area contributed by atoms with E-state index in [1.807, 2.05) is 72.8 Å². The molecule has 7 aromatic carbocycles. The number of nitrogens with zero attached hydrogens (tertiary/aromatic N) is 4. The summed E-state index contributed by atoms with van der Waals surface area (Å²) in [6.45, 7) is 2.58. The first kappa shape index (κ1) is 31.4. The summed E-state index contributed by atoms with van der Waals surface area (Å²) in [5, 5.41) is 17.1. The molecule has 3 saturated carbocycles. The van der Waals surface area contributed by atoms with Crippen molar-refractivity contribution in [3.8, 4) is 51.4 Å². The number of rotatable bonds is 5. The lowest BCUT2D eigenvalue weighted by Gasteiger charge is -2.33. The molecule has 8 aromatic rings. The molecule has 2 unspecified atom stereocenters. The molecule has 54 heavy (non-hydrogen) atoms. The van der Waals surface area contributed by atoms with Crippen LogP contribution in [0.5, 0.6) is 0 Å². The maximum Gasteiger partial charge on any atom is 0.164 e. The Morgan fingerprint density at radius 1 is 0.537 bits per heavy atom. The van der Waals surface area contributed by atoms with Gasteiger partial charge in [0.2, 0.25) is 0 Å². The fourth-order valence-corrected chi connectivity index (χ4v) is 11.0. The van der Waals surface area contributed by atoms with Gasteiger partial charge in [0.1, 0.15) is 0 Å². The van der Waals surface area contributed by atoms with Crippen LogP contribution in [0.3, 0.4) is 0 Å². The third kappa shape index (κ3) is 4.64. The molecule has 0 saturated heterocycles. The van der Waals surface area contributed by atoms with E-state index in [1.165, 1.54) is 48.8 Å². The summed E-state index contributed by atoms with van der Waals surface area (Å²) >= 11 is 0. The summed E-state index contributed by atoms with van der Waals surface area (Å²) in [5.41, 5.74) is 8.04. The van der Waals surface area contributed by atoms with Crippen LogP contribution in [-0.2, 0) is 5.41 Å². The lowest BCUT2D eigenvalue weighted by molar-refractivity contribution is 0.195. The third-order valence-corrected chi connectivity index (χ3v) is 13.6. The third-order valence-electron chi connectivity index (χ3n) is 13.6. The summed E-state index contributed by atoms with van der Waals surface area (Å²) in [4.78, 5) is 15.2. The molecule has 4 atom stereocenters. The summed E-state index contributed by atoms with van der Waals surface area (Å²) < 4.78 is 0. The highest BCUT2D eigenvalue weighted by Gasteiger charge is 2.65. The average Bonchev–Trinajstić information content (AvgIpc) is 3.74. The molecule has 258 valence electrons. The van der Waals surface area contributed by atoms with Crippen molar-refractivity contribution in [2.45, 2.75) is 44.4 Å². The Balaban J connectivity index is 1.11. The summed E-state index contributed by atoms with van der Waals surface area (Å²) in [5.74, 6) is 3.53. The zero-order valence-electron chi connectivity index (χ0n) is 30.3. The number of fused-ring (bicyclic) bond motifs is 7. The maximum absolute atomic E-state index is 10.5. The van der Waals surface area contributed by atoms with Crippen molar-refractivity contribution in [3.63, 3.8) is 0 Å². The summed E-state index contributed by atoms with van der Waals surface area (Å²) in [6, 6.07) is 51.5. The predicted molar refractivity (Wildman–Crippen MR) is 219 cm³/mol. The number of aromatic nitrogens is 3. The summed E-state index contributed by atoms with van der Waals surface area (Å²) in [7, 11) is 0. The van der Waals surface area contributed by atoms with Gasteiger partial charge >= 0.3 is 0 Å². The van der Waals surface area contributed by atoms with Crippen molar-refractivity contribution in [1.29, 1.82) is 5.26 Å². The molecule has 2 bridgehead atoms. The Morgan fingerprint density at radius 3 is 1.74 bits per heavy atom. The SMILES string of the molecule is CC12CC3(c4ccc(-c5ccc6c7ccccc7c7c(-c8nc(-c9ccccc9)nc(-c9ccccc9)n8)cc(C#N)cc7c6c5)cc4)C[C@H]1CC[C@H]2C3. The molecule has 1 aromatic heterocycles. The Morgan fingerprint density at radius 2 is 1.11 bits per heavy atom. The largest absolute Gasteiger partial charge is 0.208 e. The molecule has 4 heteroatoms. The van der Waals surface area contributed by atoms with Crippen molar-refractivity contribution in [3.05, 3.63) is 151 Å². The molecular weight excluding hydrogens is 657 g/mol. The first-order chi connectivity index (χ1) is 26.5. The molecule has 3 fully saturated rings. The lowest BCUT2D eigenvalue weighted by atomic mass is 9.72. The second kappa shape index (κ2) is 11.7. The Hall–Kier alpha value is -6.18. The first-order valence-electron chi connectivity index (χ1n) is 19.3. The van der Waals surface area contributed by atoms with Gasteiger partial charge in [-0.1, -0.05) is 128 Å². The van der Waals surface area contributed by atoms with Crippen LogP contribution in [0.2, 0.25) is 0 Å². The minimum absolute atomic E-state index is 0.359. The average molecular weight is 695 g/mol. The van der Waals surface area contributed by atoms with Gasteiger partial charge in [-0.2, -0.15) is 5.26 Å². The minimum Gasteiger partial charge on any atom is -0.208 e. The van der Waals surface area contributed by atoms with E-state index in [9.17, 15) is 5.26 Å². The highest BCUT2D eigenvalue weighted by atomic mass is 15.0. The van der Waals surface area contributed by atoms with Crippen LogP contribution in [0, 0.1) is 28.6 Å². The second-order valence-electron chi connectivity index (χ2n) is 16.3. The van der Waals surface area contributed by atoms with Crippen LogP contribution in [0.1, 0.15) is 50.2 Å². The molecule has 3 aliphatic rings. The molecular formula is C50H38N4. The molecule has 0 N–H and O–H groups in total. The van der Waals surface area contributed by atoms with E-state index in [0.717, 1.165) is 60.8 Å². The highest BCUT2D eigenvalue weighted by molar-refractivity contribution is 6.28. The molecule has 0 radical (unpaired) electrons. The van der Waals surface area contributed by atoms with Crippen LogP contribution in [-0.4, -0.2) is 15.0 Å². The van der Waals surface area contributed by atoms with Gasteiger partial charge in [0.05, 0.1) is 11.6 Å². The molecule has 11 rings (SSSR count). The van der Waals surface area contributed by atoms with Gasteiger partial charge in [-0.3, -0.25) is 0 Å². The van der Waals surface area contributed by atoms with Crippen LogP contribution in [0.15, 0.2) is 140 Å². The van der Waals surface area contributed by atoms with Crippen LogP contribution < -0.4 is 0 Å². The number of benzene rings is 7. The molecule has 4 nitrogen and oxygen atoms in total. The van der Waals surface area contributed by atoms with Gasteiger partial charge < -0.3 is 0 Å². The van der Waals surface area contributed by atoms with Crippen molar-refractivity contribution in [1.82, 2.24) is 15.0 Å². The number of hydrogen-bond acceptors (Lipinski definition) is 4. The monoisotopic (exact) mass is 694 g/mol. The second-order valence-corrected chi connectivity index (χ2v) is 16.3. The molecule has 0 spiro atoms. The quantitative estimate of drug-likeness (QED) is 0.168. The minimum atomic E-state index is 0.359. The van der Waals surface area contributed by atoms with Gasteiger partial charge in [0, 0.05) is 22.1 Å². The van der Waals surface area contributed by atoms with Gasteiger partial charge in [-0.05, 0) is 117 Å². The zero-order valence-corrected chi connectivity index (χ0v) is 30.3. The summed E-state index contributed by atoms with van der Waals surface area (Å²) in [6.07, 6.45) is 6.92. The van der Waals surface area contributed by atoms with E-state index in [2.05, 4.69) is 79.7 Å². The molecule has 0 aliphatic heterocycles. The molecule has 0 amide bonds. The van der Waals surface area contributed by atoms with E-state index in [1.54, 1.807) is 0 Å². The van der Waals surface area contributed by atoms with Gasteiger partial charge in [0.25, 0.3) is 0 Å². The normalized spacial score (nSPS) is 22.7. The first-order valence-corrected chi connectivity index (χ1v) is 19.3. The van der Waals surface area contributed by atoms with Crippen molar-refractivity contribution >= 4 is 32.3 Å². The highest BCUT2D eigenvalue weighted by Crippen LogP contribution is 2.72. The van der Waals surface area contributed by atoms with E-state index in [4.69, 9.17) is 15.0 Å². The van der Waals surface area contributed by atoms with Gasteiger partial charge in [-0.15, -0.1) is 0 Å². The fraction of sp³-hybridized carbons (Fsp3) is 0.200. The van der Waals surface area contributed by atoms with Crippen LogP contribution in [0.25, 0.3) is 77.6 Å². The van der Waals surface area contributed by atoms with Crippen LogP contribution in [0.4, 0.5) is 0 Å². The van der Waals surface area contributed by atoms with Crippen LogP contribution >= 0.6 is 0 Å².